The van der Waals surface area contributed by atoms with Crippen molar-refractivity contribution < 1.29 is 19.1 Å². The normalized spacial score (nSPS) is 10.6. The highest BCUT2D eigenvalue weighted by atomic mass is 35.5. The number of fused-ring (bicyclic) bond motifs is 1. The van der Waals surface area contributed by atoms with Crippen molar-refractivity contribution in [3.63, 3.8) is 0 Å². The van der Waals surface area contributed by atoms with Crippen LogP contribution in [-0.4, -0.2) is 41.7 Å². The first-order valence-corrected chi connectivity index (χ1v) is 8.06. The highest BCUT2D eigenvalue weighted by Crippen LogP contribution is 2.24. The van der Waals surface area contributed by atoms with Crippen LogP contribution in [0.25, 0.3) is 11.0 Å². The van der Waals surface area contributed by atoms with Crippen LogP contribution in [-0.2, 0) is 9.63 Å². The summed E-state index contributed by atoms with van der Waals surface area (Å²) in [4.78, 5) is 25.1. The summed E-state index contributed by atoms with van der Waals surface area (Å²) in [5, 5.41) is 1.70. The van der Waals surface area contributed by atoms with Crippen LogP contribution in [0.1, 0.15) is 0 Å². The molecule has 0 saturated carbocycles. The Morgan fingerprint density at radius 2 is 1.85 bits per heavy atom. The van der Waals surface area contributed by atoms with Crippen LogP contribution < -0.4 is 9.47 Å². The Labute approximate surface area is 155 Å². The van der Waals surface area contributed by atoms with Crippen LogP contribution in [0.2, 0.25) is 5.02 Å². The summed E-state index contributed by atoms with van der Waals surface area (Å²) in [6.45, 7) is -0.122. The van der Waals surface area contributed by atoms with Crippen molar-refractivity contribution in [2.24, 2.45) is 0 Å². The van der Waals surface area contributed by atoms with E-state index < -0.39 is 0 Å². The SMILES string of the molecule is CON(C)C(=O)COc1ccc(Oc2cnc3cc(Cl)ccc3n2)cc1. The molecule has 1 amide bonds. The molecule has 0 spiro atoms. The van der Waals surface area contributed by atoms with E-state index in [0.717, 1.165) is 5.06 Å². The molecule has 0 fully saturated rings. The standard InChI is InChI=1S/C18H16ClN3O4/c1-22(24-2)18(23)11-25-13-4-6-14(7-5-13)26-17-10-20-16-9-12(19)3-8-15(16)21-17/h3-10H,11H2,1-2H3. The third-order valence-corrected chi connectivity index (χ3v) is 3.75. The second kappa shape index (κ2) is 7.99. The van der Waals surface area contributed by atoms with Crippen LogP contribution in [0.5, 0.6) is 17.4 Å². The van der Waals surface area contributed by atoms with Gasteiger partial charge >= 0.3 is 0 Å². The van der Waals surface area contributed by atoms with Crippen molar-refractivity contribution in [1.82, 2.24) is 15.0 Å². The highest BCUT2D eigenvalue weighted by Gasteiger charge is 2.09. The number of likely N-dealkylation sites (N-methyl/N-ethyl adjacent to an activating group) is 1. The number of ether oxygens (including phenoxy) is 2. The number of hydrogen-bond donors (Lipinski definition) is 0. The van der Waals surface area contributed by atoms with Gasteiger partial charge in [-0.3, -0.25) is 9.63 Å². The maximum Gasteiger partial charge on any atom is 0.283 e. The number of hydroxylamine groups is 2. The molecule has 0 aliphatic carbocycles. The molecule has 26 heavy (non-hydrogen) atoms. The largest absolute Gasteiger partial charge is 0.484 e. The molecule has 134 valence electrons. The second-order valence-electron chi connectivity index (χ2n) is 5.28. The first-order valence-electron chi connectivity index (χ1n) is 7.69. The fourth-order valence-electron chi connectivity index (χ4n) is 2.08. The van der Waals surface area contributed by atoms with E-state index in [1.165, 1.54) is 20.4 Å². The summed E-state index contributed by atoms with van der Waals surface area (Å²) < 4.78 is 11.1. The quantitative estimate of drug-likeness (QED) is 0.616. The summed E-state index contributed by atoms with van der Waals surface area (Å²) in [5.41, 5.74) is 1.38. The Kier molecular flexibility index (Phi) is 5.50. The highest BCUT2D eigenvalue weighted by molar-refractivity contribution is 6.31. The van der Waals surface area contributed by atoms with E-state index in [4.69, 9.17) is 25.9 Å². The van der Waals surface area contributed by atoms with E-state index in [2.05, 4.69) is 9.97 Å². The number of halogens is 1. The van der Waals surface area contributed by atoms with Gasteiger partial charge < -0.3 is 9.47 Å². The Bertz CT molecular complexity index is 918. The van der Waals surface area contributed by atoms with Crippen molar-refractivity contribution in [1.29, 1.82) is 0 Å². The smallest absolute Gasteiger partial charge is 0.283 e. The van der Waals surface area contributed by atoms with Crippen LogP contribution in [0.3, 0.4) is 0 Å². The maximum absolute atomic E-state index is 11.6. The van der Waals surface area contributed by atoms with Gasteiger partial charge in [-0.25, -0.2) is 15.0 Å². The third-order valence-electron chi connectivity index (χ3n) is 3.52. The fourth-order valence-corrected chi connectivity index (χ4v) is 2.24. The van der Waals surface area contributed by atoms with Gasteiger partial charge in [-0.05, 0) is 42.5 Å². The van der Waals surface area contributed by atoms with Gasteiger partial charge in [0.15, 0.2) is 6.61 Å². The average Bonchev–Trinajstić information content (AvgIpc) is 2.66. The van der Waals surface area contributed by atoms with Crippen LogP contribution in [0, 0.1) is 0 Å². The van der Waals surface area contributed by atoms with Crippen LogP contribution in [0.4, 0.5) is 0 Å². The monoisotopic (exact) mass is 373 g/mol. The molecule has 0 aliphatic heterocycles. The molecule has 8 heteroatoms. The van der Waals surface area contributed by atoms with E-state index in [0.29, 0.717) is 33.4 Å². The number of rotatable bonds is 6. The molecule has 0 aliphatic rings. The summed E-state index contributed by atoms with van der Waals surface area (Å²) in [6, 6.07) is 12.1. The van der Waals surface area contributed by atoms with Gasteiger partial charge in [0.05, 0.1) is 24.3 Å². The molecule has 0 bridgehead atoms. The lowest BCUT2D eigenvalue weighted by molar-refractivity contribution is -0.170. The number of hydrogen-bond acceptors (Lipinski definition) is 6. The topological polar surface area (TPSA) is 73.8 Å². The zero-order chi connectivity index (χ0) is 18.5. The van der Waals surface area contributed by atoms with E-state index in [1.54, 1.807) is 42.5 Å². The lowest BCUT2D eigenvalue weighted by Gasteiger charge is -2.14. The first-order chi connectivity index (χ1) is 12.5. The van der Waals surface area contributed by atoms with Gasteiger partial charge in [0.1, 0.15) is 11.5 Å². The second-order valence-corrected chi connectivity index (χ2v) is 5.71. The fraction of sp³-hybridized carbons (Fsp3) is 0.167. The number of carbonyl (C=O) groups excluding carboxylic acids is 1. The Hall–Kier alpha value is -2.90. The summed E-state index contributed by atoms with van der Waals surface area (Å²) >= 11 is 5.93. The molecule has 0 unspecified atom stereocenters. The zero-order valence-electron chi connectivity index (χ0n) is 14.2. The first kappa shape index (κ1) is 17.9. The van der Waals surface area contributed by atoms with Crippen molar-refractivity contribution in [2.75, 3.05) is 20.8 Å². The minimum atomic E-state index is -0.292. The van der Waals surface area contributed by atoms with Gasteiger partial charge in [-0.2, -0.15) is 0 Å². The summed E-state index contributed by atoms with van der Waals surface area (Å²) in [5.74, 6) is 1.18. The third kappa shape index (κ3) is 4.38. The summed E-state index contributed by atoms with van der Waals surface area (Å²) in [6.07, 6.45) is 1.53. The van der Waals surface area contributed by atoms with Crippen LogP contribution in [0.15, 0.2) is 48.7 Å². The van der Waals surface area contributed by atoms with E-state index in [1.807, 2.05) is 0 Å². The van der Waals surface area contributed by atoms with Crippen molar-refractivity contribution in [2.45, 2.75) is 0 Å². The lowest BCUT2D eigenvalue weighted by Crippen LogP contribution is -2.30. The number of nitrogens with zero attached hydrogens (tertiary/aromatic N) is 3. The number of aromatic nitrogens is 2. The number of benzene rings is 2. The zero-order valence-corrected chi connectivity index (χ0v) is 14.9. The molecule has 1 aromatic heterocycles. The van der Waals surface area contributed by atoms with Gasteiger partial charge in [-0.15, -0.1) is 0 Å². The number of amides is 1. The van der Waals surface area contributed by atoms with Crippen molar-refractivity contribution in [3.05, 3.63) is 53.7 Å². The van der Waals surface area contributed by atoms with E-state index in [9.17, 15) is 4.79 Å². The maximum atomic E-state index is 11.6. The Morgan fingerprint density at radius 3 is 2.58 bits per heavy atom. The van der Waals surface area contributed by atoms with Gasteiger partial charge in [-0.1, -0.05) is 11.6 Å². The molecular formula is C18H16ClN3O4. The Balaban J connectivity index is 1.64. The minimum absolute atomic E-state index is 0.122. The minimum Gasteiger partial charge on any atom is -0.484 e. The molecule has 3 rings (SSSR count). The van der Waals surface area contributed by atoms with Gasteiger partial charge in [0, 0.05) is 12.1 Å². The summed E-state index contributed by atoms with van der Waals surface area (Å²) in [7, 11) is 2.93. The average molecular weight is 374 g/mol. The molecule has 0 saturated heterocycles. The lowest BCUT2D eigenvalue weighted by atomic mass is 10.3. The molecule has 7 nitrogen and oxygen atoms in total. The molecule has 0 atom stereocenters. The van der Waals surface area contributed by atoms with Crippen LogP contribution >= 0.6 is 11.6 Å². The van der Waals surface area contributed by atoms with E-state index in [-0.39, 0.29) is 12.5 Å². The van der Waals surface area contributed by atoms with E-state index >= 15 is 0 Å². The predicted molar refractivity (Wildman–Crippen MR) is 96.3 cm³/mol. The predicted octanol–water partition coefficient (Wildman–Crippen LogP) is 3.47. The molecule has 2 aromatic carbocycles. The number of carbonyl (C=O) groups is 1. The molecule has 0 N–H and O–H groups in total. The van der Waals surface area contributed by atoms with Crippen molar-refractivity contribution in [3.8, 4) is 17.4 Å². The molecule has 3 aromatic rings. The Morgan fingerprint density at radius 1 is 1.12 bits per heavy atom. The van der Waals surface area contributed by atoms with Gasteiger partial charge in [0.25, 0.3) is 5.91 Å². The van der Waals surface area contributed by atoms with Crippen molar-refractivity contribution >= 4 is 28.5 Å². The molecule has 0 radical (unpaired) electrons. The van der Waals surface area contributed by atoms with Gasteiger partial charge in [0.2, 0.25) is 5.88 Å². The molecular weight excluding hydrogens is 358 g/mol. The molecule has 1 heterocycles.